The van der Waals surface area contributed by atoms with Crippen LogP contribution in [0.1, 0.15) is 65.2 Å². The Bertz CT molecular complexity index is 683. The molecule has 6 atom stereocenters. The molecule has 0 radical (unpaired) electrons. The topological polar surface area (TPSA) is 76.0 Å². The van der Waals surface area contributed by atoms with Gasteiger partial charge in [-0.2, -0.15) is 0 Å². The van der Waals surface area contributed by atoms with Crippen LogP contribution in [-0.2, 0) is 14.3 Å². The summed E-state index contributed by atoms with van der Waals surface area (Å²) in [7, 11) is 0. The van der Waals surface area contributed by atoms with Gasteiger partial charge in [-0.3, -0.25) is 9.59 Å². The maximum Gasteiger partial charge on any atom is 0.302 e. The molecule has 0 saturated heterocycles. The molecule has 0 spiro atoms. The molecule has 4 aliphatic carbocycles. The summed E-state index contributed by atoms with van der Waals surface area (Å²) < 4.78 is 5.47. The number of esters is 1. The van der Waals surface area contributed by atoms with E-state index in [9.17, 15) is 14.8 Å². The normalized spacial score (nSPS) is 44.8. The van der Waals surface area contributed by atoms with Crippen molar-refractivity contribution in [2.75, 3.05) is 0 Å². The van der Waals surface area contributed by atoms with E-state index >= 15 is 0 Å². The Hall–Kier alpha value is -1.65. The van der Waals surface area contributed by atoms with Crippen molar-refractivity contribution in [3.8, 4) is 0 Å². The molecule has 5 nitrogen and oxygen atoms in total. The summed E-state index contributed by atoms with van der Waals surface area (Å²) in [5.74, 6) is 1.55. The number of oxime groups is 1. The van der Waals surface area contributed by atoms with Crippen LogP contribution < -0.4 is 0 Å². The third kappa shape index (κ3) is 2.46. The van der Waals surface area contributed by atoms with E-state index in [0.717, 1.165) is 51.4 Å². The van der Waals surface area contributed by atoms with Crippen molar-refractivity contribution in [1.82, 2.24) is 0 Å². The summed E-state index contributed by atoms with van der Waals surface area (Å²) in [6.07, 6.45) is 11.0. The van der Waals surface area contributed by atoms with Crippen LogP contribution >= 0.6 is 0 Å². The Balaban J connectivity index is 1.67. The van der Waals surface area contributed by atoms with Gasteiger partial charge < -0.3 is 9.94 Å². The summed E-state index contributed by atoms with van der Waals surface area (Å²) in [5.41, 5.74) is 0.877. The van der Waals surface area contributed by atoms with Crippen molar-refractivity contribution < 1.29 is 19.5 Å². The number of carbonyl (C=O) groups excluding carboxylic acids is 2. The zero-order valence-electron chi connectivity index (χ0n) is 15.7. The molecule has 0 heterocycles. The number of Topliss-reactive ketones (excluding diaryl/α,β-unsaturated/α-hetero) is 1. The molecular weight excluding hydrogens is 330 g/mol. The number of carbonyl (C=O) groups is 2. The number of ketones is 1. The van der Waals surface area contributed by atoms with E-state index in [1.165, 1.54) is 12.5 Å². The first kappa shape index (κ1) is 17.7. The standard InChI is InChI=1S/C21H29NO4/c1-13(23)26-15-7-10-21(12-22-25)14(11-15)3-4-16-17-5-6-19(24)20(17,2)9-8-18(16)21/h3,12,15-18,25H,4-11H2,1-2H3/b22-12-/t15-,16+,17+,18+,20-,21+/m0/s1. The lowest BCUT2D eigenvalue weighted by Crippen LogP contribution is -2.52. The fraction of sp³-hybridized carbons (Fsp3) is 0.762. The molecule has 0 unspecified atom stereocenters. The lowest BCUT2D eigenvalue weighted by Gasteiger charge is -2.56. The third-order valence-corrected chi connectivity index (χ3v) is 7.99. The van der Waals surface area contributed by atoms with Gasteiger partial charge in [0.25, 0.3) is 0 Å². The predicted molar refractivity (Wildman–Crippen MR) is 96.9 cm³/mol. The second-order valence-electron chi connectivity index (χ2n) is 9.02. The molecule has 0 bridgehead atoms. The highest BCUT2D eigenvalue weighted by molar-refractivity contribution is 5.87. The van der Waals surface area contributed by atoms with Crippen molar-refractivity contribution in [2.24, 2.45) is 33.7 Å². The van der Waals surface area contributed by atoms with Gasteiger partial charge in [-0.1, -0.05) is 18.6 Å². The third-order valence-electron chi connectivity index (χ3n) is 7.99. The van der Waals surface area contributed by atoms with E-state index in [-0.39, 0.29) is 22.9 Å². The Morgan fingerprint density at radius 2 is 2.12 bits per heavy atom. The first-order valence-corrected chi connectivity index (χ1v) is 9.99. The minimum Gasteiger partial charge on any atom is -0.462 e. The number of allylic oxidation sites excluding steroid dienone is 1. The van der Waals surface area contributed by atoms with E-state index in [1.807, 2.05) is 0 Å². The van der Waals surface area contributed by atoms with E-state index < -0.39 is 0 Å². The molecule has 142 valence electrons. The molecule has 0 aromatic rings. The second kappa shape index (κ2) is 6.21. The summed E-state index contributed by atoms with van der Waals surface area (Å²) in [6, 6.07) is 0. The van der Waals surface area contributed by atoms with Gasteiger partial charge in [-0.15, -0.1) is 5.16 Å². The highest BCUT2D eigenvalue weighted by Gasteiger charge is 2.59. The van der Waals surface area contributed by atoms with Crippen molar-refractivity contribution in [3.63, 3.8) is 0 Å². The van der Waals surface area contributed by atoms with Crippen LogP contribution in [0.2, 0.25) is 0 Å². The second-order valence-corrected chi connectivity index (χ2v) is 9.02. The van der Waals surface area contributed by atoms with Crippen LogP contribution in [-0.4, -0.2) is 29.3 Å². The van der Waals surface area contributed by atoms with E-state index in [2.05, 4.69) is 18.2 Å². The van der Waals surface area contributed by atoms with Crippen LogP contribution in [0.5, 0.6) is 0 Å². The SMILES string of the molecule is CC(=O)O[C@H]1CC[C@@]2(/C=N\O)C(=CC[C@H]3[C@H]2CC[C@]2(C)C(=O)CC[C@H]32)C1. The number of hydrogen-bond acceptors (Lipinski definition) is 5. The minimum absolute atomic E-state index is 0.0718. The first-order valence-electron chi connectivity index (χ1n) is 9.99. The zero-order valence-corrected chi connectivity index (χ0v) is 15.7. The quantitative estimate of drug-likeness (QED) is 0.267. The molecule has 0 aliphatic heterocycles. The highest BCUT2D eigenvalue weighted by Crippen LogP contribution is 2.63. The first-order chi connectivity index (χ1) is 12.4. The average Bonchev–Trinajstić information content (AvgIpc) is 2.90. The lowest BCUT2D eigenvalue weighted by molar-refractivity contribution is -0.148. The Kier molecular flexibility index (Phi) is 4.24. The van der Waals surface area contributed by atoms with Gasteiger partial charge in [0.05, 0.1) is 6.21 Å². The Morgan fingerprint density at radius 3 is 2.85 bits per heavy atom. The van der Waals surface area contributed by atoms with Crippen LogP contribution in [0.3, 0.4) is 0 Å². The smallest absolute Gasteiger partial charge is 0.302 e. The summed E-state index contributed by atoms with van der Waals surface area (Å²) in [4.78, 5) is 23.9. The van der Waals surface area contributed by atoms with Crippen LogP contribution in [0.15, 0.2) is 16.8 Å². The molecule has 3 saturated carbocycles. The Morgan fingerprint density at radius 1 is 1.31 bits per heavy atom. The fourth-order valence-corrected chi connectivity index (χ4v) is 6.78. The van der Waals surface area contributed by atoms with Crippen molar-refractivity contribution in [3.05, 3.63) is 11.6 Å². The van der Waals surface area contributed by atoms with E-state index in [1.54, 1.807) is 6.21 Å². The monoisotopic (exact) mass is 359 g/mol. The lowest BCUT2D eigenvalue weighted by atomic mass is 9.48. The largest absolute Gasteiger partial charge is 0.462 e. The molecular formula is C21H29NO4. The molecule has 4 rings (SSSR count). The van der Waals surface area contributed by atoms with Crippen molar-refractivity contribution in [1.29, 1.82) is 0 Å². The predicted octanol–water partition coefficient (Wildman–Crippen LogP) is 3.89. The van der Waals surface area contributed by atoms with Gasteiger partial charge in [-0.25, -0.2) is 0 Å². The minimum atomic E-state index is -0.235. The summed E-state index contributed by atoms with van der Waals surface area (Å²) in [5, 5.41) is 12.9. The highest BCUT2D eigenvalue weighted by atomic mass is 16.5. The number of rotatable bonds is 2. The van der Waals surface area contributed by atoms with E-state index in [4.69, 9.17) is 4.74 Å². The molecule has 5 heteroatoms. The maximum absolute atomic E-state index is 12.5. The van der Waals surface area contributed by atoms with Crippen molar-refractivity contribution >= 4 is 18.0 Å². The molecule has 26 heavy (non-hydrogen) atoms. The Labute approximate surface area is 154 Å². The van der Waals surface area contributed by atoms with Crippen molar-refractivity contribution in [2.45, 2.75) is 71.3 Å². The zero-order chi connectivity index (χ0) is 18.5. The van der Waals surface area contributed by atoms with Crippen LogP contribution in [0.4, 0.5) is 0 Å². The van der Waals surface area contributed by atoms with Crippen LogP contribution in [0, 0.1) is 28.6 Å². The van der Waals surface area contributed by atoms with Gasteiger partial charge in [0.15, 0.2) is 0 Å². The van der Waals surface area contributed by atoms with Gasteiger partial charge in [-0.05, 0) is 56.3 Å². The molecule has 4 aliphatic rings. The molecule has 3 fully saturated rings. The number of nitrogens with zero attached hydrogens (tertiary/aromatic N) is 1. The number of fused-ring (bicyclic) bond motifs is 5. The van der Waals surface area contributed by atoms with Gasteiger partial charge in [0.1, 0.15) is 11.9 Å². The van der Waals surface area contributed by atoms with Gasteiger partial charge in [0.2, 0.25) is 0 Å². The van der Waals surface area contributed by atoms with Gasteiger partial charge in [0, 0.05) is 30.6 Å². The average molecular weight is 359 g/mol. The molecule has 0 amide bonds. The fourth-order valence-electron chi connectivity index (χ4n) is 6.78. The molecule has 1 N–H and O–H groups in total. The van der Waals surface area contributed by atoms with Crippen LogP contribution in [0.25, 0.3) is 0 Å². The maximum atomic E-state index is 12.5. The molecule has 0 aromatic heterocycles. The summed E-state index contributed by atoms with van der Waals surface area (Å²) in [6.45, 7) is 3.63. The molecule has 0 aromatic carbocycles. The summed E-state index contributed by atoms with van der Waals surface area (Å²) >= 11 is 0. The van der Waals surface area contributed by atoms with Gasteiger partial charge >= 0.3 is 5.97 Å². The number of ether oxygens (including phenoxy) is 1. The van der Waals surface area contributed by atoms with E-state index in [0.29, 0.717) is 23.5 Å². The number of hydrogen-bond donors (Lipinski definition) is 1.